The zero-order valence-corrected chi connectivity index (χ0v) is 12.3. The minimum absolute atomic E-state index is 0.601. The average Bonchev–Trinajstić information content (AvgIpc) is 2.69. The molecule has 1 aromatic heterocycles. The van der Waals surface area contributed by atoms with Crippen LogP contribution in [0.5, 0.6) is 0 Å². The van der Waals surface area contributed by atoms with Crippen LogP contribution < -0.4 is 4.90 Å². The molecule has 2 bridgehead atoms. The highest BCUT2D eigenvalue weighted by Gasteiger charge is 2.37. The van der Waals surface area contributed by atoms with Crippen LogP contribution in [-0.4, -0.2) is 47.1 Å². The highest BCUT2D eigenvalue weighted by Crippen LogP contribution is 2.32. The highest BCUT2D eigenvalue weighted by atomic mass is 15.3. The number of anilines is 1. The lowest BCUT2D eigenvalue weighted by Gasteiger charge is -2.28. The van der Waals surface area contributed by atoms with Gasteiger partial charge in [0, 0.05) is 30.0 Å². The normalized spacial score (nSPS) is 27.6. The lowest BCUT2D eigenvalue weighted by molar-refractivity contribution is 0.315. The van der Waals surface area contributed by atoms with Crippen LogP contribution in [0.3, 0.4) is 0 Å². The fraction of sp³-hybridized carbons (Fsp3) is 0.733. The number of rotatable bonds is 2. The van der Waals surface area contributed by atoms with E-state index in [2.05, 4.69) is 36.8 Å². The Morgan fingerprint density at radius 3 is 2.79 bits per heavy atom. The molecule has 0 aliphatic carbocycles. The maximum atomic E-state index is 4.78. The van der Waals surface area contributed by atoms with Gasteiger partial charge < -0.3 is 9.80 Å². The molecule has 1 aromatic rings. The van der Waals surface area contributed by atoms with Crippen molar-refractivity contribution >= 4 is 5.95 Å². The van der Waals surface area contributed by atoms with Crippen LogP contribution in [0.2, 0.25) is 0 Å². The van der Waals surface area contributed by atoms with E-state index in [4.69, 9.17) is 9.97 Å². The summed E-state index contributed by atoms with van der Waals surface area (Å²) in [6, 6.07) is 3.35. The number of hydrogen-bond acceptors (Lipinski definition) is 4. The Hall–Kier alpha value is -1.16. The molecule has 2 fully saturated rings. The third-order valence-corrected chi connectivity index (χ3v) is 4.48. The second kappa shape index (κ2) is 5.08. The summed E-state index contributed by atoms with van der Waals surface area (Å²) >= 11 is 0. The van der Waals surface area contributed by atoms with Crippen molar-refractivity contribution in [2.45, 2.75) is 51.6 Å². The van der Waals surface area contributed by atoms with E-state index in [1.165, 1.54) is 31.5 Å². The van der Waals surface area contributed by atoms with Crippen LogP contribution in [0.25, 0.3) is 0 Å². The minimum Gasteiger partial charge on any atom is -0.334 e. The van der Waals surface area contributed by atoms with Gasteiger partial charge in [-0.1, -0.05) is 6.92 Å². The van der Waals surface area contributed by atoms with Gasteiger partial charge in [-0.3, -0.25) is 0 Å². The third kappa shape index (κ3) is 2.46. The number of likely N-dealkylation sites (tertiary alicyclic amines) is 1. The summed E-state index contributed by atoms with van der Waals surface area (Å²) in [7, 11) is 2.23. The number of aromatic nitrogens is 2. The van der Waals surface area contributed by atoms with Gasteiger partial charge in [-0.15, -0.1) is 0 Å². The smallest absolute Gasteiger partial charge is 0.226 e. The topological polar surface area (TPSA) is 32.3 Å². The van der Waals surface area contributed by atoms with Crippen molar-refractivity contribution < 1.29 is 0 Å². The third-order valence-electron chi connectivity index (χ3n) is 4.48. The van der Waals surface area contributed by atoms with Crippen LogP contribution in [0.15, 0.2) is 6.07 Å². The van der Waals surface area contributed by atoms with Gasteiger partial charge in [0.25, 0.3) is 0 Å². The second-order valence-corrected chi connectivity index (χ2v) is 6.00. The van der Waals surface area contributed by atoms with E-state index >= 15 is 0 Å². The Labute approximate surface area is 115 Å². The Bertz CT molecular complexity index is 459. The molecule has 2 aliphatic rings. The maximum absolute atomic E-state index is 4.78. The van der Waals surface area contributed by atoms with Gasteiger partial charge in [-0.2, -0.15) is 0 Å². The summed E-state index contributed by atoms with van der Waals surface area (Å²) in [4.78, 5) is 14.5. The quantitative estimate of drug-likeness (QED) is 0.814. The molecule has 2 aliphatic heterocycles. The summed E-state index contributed by atoms with van der Waals surface area (Å²) in [5.41, 5.74) is 2.26. The van der Waals surface area contributed by atoms with E-state index in [1.54, 1.807) is 0 Å². The van der Waals surface area contributed by atoms with Crippen molar-refractivity contribution in [3.05, 3.63) is 17.5 Å². The van der Waals surface area contributed by atoms with Crippen molar-refractivity contribution in [2.75, 3.05) is 25.0 Å². The van der Waals surface area contributed by atoms with Crippen molar-refractivity contribution in [3.63, 3.8) is 0 Å². The number of nitrogens with zero attached hydrogens (tertiary/aromatic N) is 4. The molecule has 2 saturated heterocycles. The first-order chi connectivity index (χ1) is 9.17. The van der Waals surface area contributed by atoms with Crippen LogP contribution in [0.1, 0.15) is 37.6 Å². The molecule has 4 heteroatoms. The number of hydrogen-bond donors (Lipinski definition) is 0. The molecule has 104 valence electrons. The zero-order valence-electron chi connectivity index (χ0n) is 12.3. The Balaban J connectivity index is 1.94. The van der Waals surface area contributed by atoms with Gasteiger partial charge in [0.2, 0.25) is 5.95 Å². The monoisotopic (exact) mass is 260 g/mol. The van der Waals surface area contributed by atoms with Crippen molar-refractivity contribution in [1.82, 2.24) is 14.9 Å². The largest absolute Gasteiger partial charge is 0.334 e. The molecule has 3 rings (SSSR count). The first-order valence-electron chi connectivity index (χ1n) is 7.49. The zero-order chi connectivity index (χ0) is 13.4. The Morgan fingerprint density at radius 2 is 2.00 bits per heavy atom. The fourth-order valence-electron chi connectivity index (χ4n) is 3.48. The predicted molar refractivity (Wildman–Crippen MR) is 77.6 cm³/mol. The number of aryl methyl sites for hydroxylation is 2. The van der Waals surface area contributed by atoms with Crippen molar-refractivity contribution in [1.29, 1.82) is 0 Å². The first-order valence-corrected chi connectivity index (χ1v) is 7.49. The Kier molecular flexibility index (Phi) is 3.44. The van der Waals surface area contributed by atoms with Crippen molar-refractivity contribution in [2.24, 2.45) is 0 Å². The van der Waals surface area contributed by atoms with E-state index in [0.29, 0.717) is 12.1 Å². The van der Waals surface area contributed by atoms with Gasteiger partial charge in [0.05, 0.1) is 0 Å². The number of fused-ring (bicyclic) bond motifs is 2. The van der Waals surface area contributed by atoms with Gasteiger partial charge >= 0.3 is 0 Å². The average molecular weight is 260 g/mol. The van der Waals surface area contributed by atoms with Gasteiger partial charge in [0.1, 0.15) is 0 Å². The first kappa shape index (κ1) is 12.9. The lowest BCUT2D eigenvalue weighted by atomic mass is 10.1. The molecule has 19 heavy (non-hydrogen) atoms. The van der Waals surface area contributed by atoms with E-state index in [-0.39, 0.29) is 0 Å². The molecular weight excluding hydrogens is 236 g/mol. The van der Waals surface area contributed by atoms with Gasteiger partial charge in [-0.25, -0.2) is 9.97 Å². The molecule has 2 atom stereocenters. The van der Waals surface area contributed by atoms with E-state index < -0.39 is 0 Å². The van der Waals surface area contributed by atoms with Gasteiger partial charge in [0.15, 0.2) is 0 Å². The van der Waals surface area contributed by atoms with Crippen molar-refractivity contribution in [3.8, 4) is 0 Å². The lowest BCUT2D eigenvalue weighted by Crippen LogP contribution is -2.39. The minimum atomic E-state index is 0.601. The number of likely N-dealkylation sites (N-methyl/N-ethyl adjacent to an activating group) is 1. The Morgan fingerprint density at radius 1 is 1.21 bits per heavy atom. The van der Waals surface area contributed by atoms with Crippen LogP contribution in [0, 0.1) is 6.92 Å². The molecule has 4 nitrogen and oxygen atoms in total. The SMILES string of the molecule is CCc1cc(C)nc(N2[C@@H]3CC[C@H]2CN(C)CC3)n1. The van der Waals surface area contributed by atoms with E-state index in [9.17, 15) is 0 Å². The molecule has 0 radical (unpaired) electrons. The highest BCUT2D eigenvalue weighted by molar-refractivity contribution is 5.38. The summed E-state index contributed by atoms with van der Waals surface area (Å²) < 4.78 is 0. The molecule has 0 unspecified atom stereocenters. The molecule has 0 N–H and O–H groups in total. The maximum Gasteiger partial charge on any atom is 0.226 e. The molecule has 0 aromatic carbocycles. The molecule has 3 heterocycles. The fourth-order valence-corrected chi connectivity index (χ4v) is 3.48. The predicted octanol–water partition coefficient (Wildman–Crippen LogP) is 2.02. The molecule has 0 spiro atoms. The molecular formula is C15H24N4. The summed E-state index contributed by atoms with van der Waals surface area (Å²) in [5, 5.41) is 0. The van der Waals surface area contributed by atoms with Crippen LogP contribution >= 0.6 is 0 Å². The summed E-state index contributed by atoms with van der Waals surface area (Å²) in [5.74, 6) is 0.972. The summed E-state index contributed by atoms with van der Waals surface area (Å²) in [6.07, 6.45) is 4.82. The second-order valence-electron chi connectivity index (χ2n) is 6.00. The molecule has 0 saturated carbocycles. The summed E-state index contributed by atoms with van der Waals surface area (Å²) in [6.45, 7) is 6.59. The van der Waals surface area contributed by atoms with E-state index in [0.717, 1.165) is 24.6 Å². The standard InChI is InChI=1S/C15H24N4/c1-4-12-9-11(2)16-15(17-12)19-13-5-6-14(19)10-18(3)8-7-13/h9,13-14H,4-8,10H2,1-3H3/t13-,14+/m1/s1. The van der Waals surface area contributed by atoms with E-state index in [1.807, 2.05) is 0 Å². The van der Waals surface area contributed by atoms with Crippen LogP contribution in [-0.2, 0) is 6.42 Å². The van der Waals surface area contributed by atoms with Crippen LogP contribution in [0.4, 0.5) is 5.95 Å². The van der Waals surface area contributed by atoms with Gasteiger partial charge in [-0.05, 0) is 52.3 Å². The molecule has 0 amide bonds.